The van der Waals surface area contributed by atoms with Gasteiger partial charge in [-0.3, -0.25) is 4.40 Å². The highest BCUT2D eigenvalue weighted by atomic mass is 79.9. The zero-order valence-electron chi connectivity index (χ0n) is 10.9. The van der Waals surface area contributed by atoms with Crippen molar-refractivity contribution in [2.75, 3.05) is 0 Å². The second-order valence-corrected chi connectivity index (χ2v) is 6.09. The van der Waals surface area contributed by atoms with Crippen LogP contribution in [-0.2, 0) is 0 Å². The fourth-order valence-corrected chi connectivity index (χ4v) is 2.97. The number of H-pyrrole nitrogens is 1. The molecule has 4 rings (SSSR count). The Morgan fingerprint density at radius 2 is 1.81 bits per heavy atom. The minimum Gasteiger partial charge on any atom is -0.339 e. The molecule has 0 fully saturated rings. The minimum absolute atomic E-state index is 0.559. The summed E-state index contributed by atoms with van der Waals surface area (Å²) in [6, 6.07) is 16.2. The summed E-state index contributed by atoms with van der Waals surface area (Å²) >= 11 is 8.84. The van der Waals surface area contributed by atoms with Crippen molar-refractivity contribution in [1.82, 2.24) is 14.4 Å². The Hall–Kier alpha value is -1.98. The van der Waals surface area contributed by atoms with Crippen LogP contribution in [0.2, 0.25) is 0 Å². The lowest BCUT2D eigenvalue weighted by molar-refractivity contribution is 1.09. The van der Waals surface area contributed by atoms with Gasteiger partial charge in [0.15, 0.2) is 0 Å². The zero-order chi connectivity index (χ0) is 14.4. The van der Waals surface area contributed by atoms with E-state index in [0.717, 1.165) is 32.3 Å². The number of para-hydroxylation sites is 1. The van der Waals surface area contributed by atoms with Gasteiger partial charge < -0.3 is 4.98 Å². The third kappa shape index (κ3) is 2.09. The number of imidazole rings is 1. The quantitative estimate of drug-likeness (QED) is 0.488. The molecule has 0 radical (unpaired) electrons. The highest BCUT2D eigenvalue weighted by molar-refractivity contribution is 9.10. The monoisotopic (exact) mass is 355 g/mol. The standard InChI is InChI=1S/C16H10BrN3S/c17-11-7-5-10(6-8-11)14-9-20-15(18-14)12-3-1-2-4-13(12)19-16(20)21/h1-9,18H. The summed E-state index contributed by atoms with van der Waals surface area (Å²) in [5, 5.41) is 1.06. The maximum Gasteiger partial charge on any atom is 0.205 e. The molecule has 0 atom stereocenters. The van der Waals surface area contributed by atoms with E-state index in [1.807, 2.05) is 47.0 Å². The van der Waals surface area contributed by atoms with Gasteiger partial charge in [0.25, 0.3) is 0 Å². The summed E-state index contributed by atoms with van der Waals surface area (Å²) in [6.07, 6.45) is 2.00. The predicted molar refractivity (Wildman–Crippen MR) is 91.0 cm³/mol. The molecule has 2 heterocycles. The zero-order valence-corrected chi connectivity index (χ0v) is 13.3. The van der Waals surface area contributed by atoms with Gasteiger partial charge in [-0.05, 0) is 42.0 Å². The number of rotatable bonds is 1. The Morgan fingerprint density at radius 3 is 2.62 bits per heavy atom. The van der Waals surface area contributed by atoms with Gasteiger partial charge in [-0.15, -0.1) is 0 Å². The summed E-state index contributed by atoms with van der Waals surface area (Å²) < 4.78 is 3.55. The smallest absolute Gasteiger partial charge is 0.205 e. The number of halogens is 1. The Labute approximate surface area is 134 Å². The van der Waals surface area contributed by atoms with Crippen LogP contribution in [0.3, 0.4) is 0 Å². The summed E-state index contributed by atoms with van der Waals surface area (Å²) in [5.41, 5.74) is 4.02. The first kappa shape index (κ1) is 12.7. The molecular formula is C16H10BrN3S. The maximum absolute atomic E-state index is 5.39. The molecule has 0 spiro atoms. The SMILES string of the molecule is S=c1nc2ccccc2c2[nH]c(-c3ccc(Br)cc3)cn12. The number of nitrogens with zero attached hydrogens (tertiary/aromatic N) is 2. The number of fused-ring (bicyclic) bond motifs is 3. The first-order chi connectivity index (χ1) is 10.2. The van der Waals surface area contributed by atoms with Crippen molar-refractivity contribution in [3.8, 4) is 11.3 Å². The molecule has 21 heavy (non-hydrogen) atoms. The number of hydrogen-bond donors (Lipinski definition) is 1. The van der Waals surface area contributed by atoms with E-state index in [0.29, 0.717) is 4.77 Å². The summed E-state index contributed by atoms with van der Waals surface area (Å²) in [6.45, 7) is 0. The largest absolute Gasteiger partial charge is 0.339 e. The number of aromatic amines is 1. The lowest BCUT2D eigenvalue weighted by atomic mass is 10.2. The molecule has 1 N–H and O–H groups in total. The van der Waals surface area contributed by atoms with Gasteiger partial charge in [-0.1, -0.05) is 40.2 Å². The summed E-state index contributed by atoms with van der Waals surface area (Å²) in [5.74, 6) is 0. The molecule has 0 aliphatic carbocycles. The Kier molecular flexibility index (Phi) is 2.90. The number of nitrogens with one attached hydrogen (secondary N) is 1. The Morgan fingerprint density at radius 1 is 1.05 bits per heavy atom. The highest BCUT2D eigenvalue weighted by Crippen LogP contribution is 2.24. The van der Waals surface area contributed by atoms with E-state index in [2.05, 4.69) is 38.0 Å². The normalized spacial score (nSPS) is 11.3. The van der Waals surface area contributed by atoms with E-state index < -0.39 is 0 Å². The summed E-state index contributed by atoms with van der Waals surface area (Å²) in [7, 11) is 0. The van der Waals surface area contributed by atoms with Gasteiger partial charge in [0, 0.05) is 16.1 Å². The van der Waals surface area contributed by atoms with Crippen LogP contribution in [-0.4, -0.2) is 14.4 Å². The first-order valence-electron chi connectivity index (χ1n) is 6.48. The Bertz CT molecular complexity index is 1020. The van der Waals surface area contributed by atoms with E-state index in [1.54, 1.807) is 0 Å². The van der Waals surface area contributed by atoms with Crippen molar-refractivity contribution in [2.24, 2.45) is 0 Å². The Balaban J connectivity index is 2.05. The molecule has 3 nitrogen and oxygen atoms in total. The molecule has 0 amide bonds. The molecule has 0 aliphatic rings. The van der Waals surface area contributed by atoms with Crippen molar-refractivity contribution in [2.45, 2.75) is 0 Å². The molecule has 102 valence electrons. The van der Waals surface area contributed by atoms with Crippen molar-refractivity contribution >= 4 is 44.7 Å². The fourth-order valence-electron chi connectivity index (χ4n) is 2.47. The molecule has 0 unspecified atom stereocenters. The molecule has 0 saturated carbocycles. The van der Waals surface area contributed by atoms with Crippen molar-refractivity contribution in [3.05, 3.63) is 64.0 Å². The molecule has 5 heteroatoms. The van der Waals surface area contributed by atoms with Crippen LogP contribution in [0.4, 0.5) is 0 Å². The van der Waals surface area contributed by atoms with Gasteiger partial charge in [0.1, 0.15) is 5.65 Å². The van der Waals surface area contributed by atoms with Crippen LogP contribution in [0.15, 0.2) is 59.2 Å². The van der Waals surface area contributed by atoms with Crippen molar-refractivity contribution < 1.29 is 0 Å². The van der Waals surface area contributed by atoms with Crippen LogP contribution < -0.4 is 0 Å². The fraction of sp³-hybridized carbons (Fsp3) is 0. The van der Waals surface area contributed by atoms with Gasteiger partial charge in [0.2, 0.25) is 4.77 Å². The molecule has 0 saturated heterocycles. The average molecular weight is 356 g/mol. The first-order valence-corrected chi connectivity index (χ1v) is 7.68. The van der Waals surface area contributed by atoms with Gasteiger partial charge in [-0.25, -0.2) is 4.98 Å². The molecule has 4 aromatic rings. The van der Waals surface area contributed by atoms with E-state index in [4.69, 9.17) is 12.2 Å². The third-order valence-electron chi connectivity index (χ3n) is 3.49. The third-order valence-corrected chi connectivity index (χ3v) is 4.31. The second kappa shape index (κ2) is 4.79. The highest BCUT2D eigenvalue weighted by Gasteiger charge is 2.08. The van der Waals surface area contributed by atoms with Gasteiger partial charge in [0.05, 0.1) is 11.2 Å². The number of benzene rings is 2. The lowest BCUT2D eigenvalue weighted by Crippen LogP contribution is -1.91. The van der Waals surface area contributed by atoms with Crippen LogP contribution in [0.25, 0.3) is 27.8 Å². The van der Waals surface area contributed by atoms with Crippen LogP contribution >= 0.6 is 28.1 Å². The molecule has 2 aromatic carbocycles. The van der Waals surface area contributed by atoms with Crippen molar-refractivity contribution in [3.63, 3.8) is 0 Å². The predicted octanol–water partition coefficient (Wildman–Crippen LogP) is 4.97. The summed E-state index contributed by atoms with van der Waals surface area (Å²) in [4.78, 5) is 7.93. The number of aromatic nitrogens is 3. The van der Waals surface area contributed by atoms with E-state index in [9.17, 15) is 0 Å². The topological polar surface area (TPSA) is 33.1 Å². The molecule has 2 aromatic heterocycles. The van der Waals surface area contributed by atoms with E-state index >= 15 is 0 Å². The van der Waals surface area contributed by atoms with Crippen molar-refractivity contribution in [1.29, 1.82) is 0 Å². The average Bonchev–Trinajstić information content (AvgIpc) is 2.94. The van der Waals surface area contributed by atoms with Crippen LogP contribution in [0.1, 0.15) is 0 Å². The van der Waals surface area contributed by atoms with Crippen LogP contribution in [0, 0.1) is 4.77 Å². The van der Waals surface area contributed by atoms with Crippen LogP contribution in [0.5, 0.6) is 0 Å². The molecule has 0 aliphatic heterocycles. The van der Waals surface area contributed by atoms with E-state index in [1.165, 1.54) is 0 Å². The van der Waals surface area contributed by atoms with Gasteiger partial charge in [-0.2, -0.15) is 0 Å². The van der Waals surface area contributed by atoms with E-state index in [-0.39, 0.29) is 0 Å². The second-order valence-electron chi connectivity index (χ2n) is 4.80. The van der Waals surface area contributed by atoms with Gasteiger partial charge >= 0.3 is 0 Å². The maximum atomic E-state index is 5.39. The molecular weight excluding hydrogens is 346 g/mol. The lowest BCUT2D eigenvalue weighted by Gasteiger charge is -1.99. The molecule has 0 bridgehead atoms. The minimum atomic E-state index is 0.559. The number of hydrogen-bond acceptors (Lipinski definition) is 2.